The van der Waals surface area contributed by atoms with Crippen molar-refractivity contribution in [1.29, 1.82) is 0 Å². The summed E-state index contributed by atoms with van der Waals surface area (Å²) in [5, 5.41) is 0. The molecule has 0 radical (unpaired) electrons. The number of carbonyl (C=O) groups is 1. The second-order valence-corrected chi connectivity index (χ2v) is 6.63. The number of rotatable bonds is 4. The minimum Gasteiger partial charge on any atom is -0.299 e. The molecule has 120 valence electrons. The van der Waals surface area contributed by atoms with Gasteiger partial charge in [-0.1, -0.05) is 48.9 Å². The highest BCUT2D eigenvalue weighted by Gasteiger charge is 2.15. The molecule has 2 aromatic rings. The summed E-state index contributed by atoms with van der Waals surface area (Å²) in [5.74, 6) is 0.130. The van der Waals surface area contributed by atoms with Gasteiger partial charge in [-0.15, -0.1) is 0 Å². The average molecular weight is 307 g/mol. The lowest BCUT2D eigenvalue weighted by atomic mass is 9.94. The van der Waals surface area contributed by atoms with Crippen molar-refractivity contribution in [3.63, 3.8) is 0 Å². The van der Waals surface area contributed by atoms with Crippen LogP contribution in [0.4, 0.5) is 0 Å². The van der Waals surface area contributed by atoms with Crippen LogP contribution in [0.15, 0.2) is 42.5 Å². The fourth-order valence-electron chi connectivity index (χ4n) is 3.45. The first-order chi connectivity index (χ1) is 11.1. The van der Waals surface area contributed by atoms with Crippen molar-refractivity contribution >= 4 is 5.78 Å². The van der Waals surface area contributed by atoms with Crippen LogP contribution in [0.2, 0.25) is 0 Å². The summed E-state index contributed by atoms with van der Waals surface area (Å²) >= 11 is 0. The molecule has 2 aromatic carbocycles. The fourth-order valence-corrected chi connectivity index (χ4v) is 3.45. The van der Waals surface area contributed by atoms with Gasteiger partial charge in [0.15, 0.2) is 5.78 Å². The molecule has 1 aliphatic heterocycles. The van der Waals surface area contributed by atoms with Gasteiger partial charge in [0.2, 0.25) is 0 Å². The summed E-state index contributed by atoms with van der Waals surface area (Å²) in [7, 11) is 0. The molecule has 0 bridgehead atoms. The van der Waals surface area contributed by atoms with E-state index in [1.165, 1.54) is 37.9 Å². The van der Waals surface area contributed by atoms with E-state index in [4.69, 9.17) is 0 Å². The number of likely N-dealkylation sites (tertiary alicyclic amines) is 1. The number of ketones is 1. The van der Waals surface area contributed by atoms with Crippen LogP contribution in [0.1, 0.15) is 51.9 Å². The topological polar surface area (TPSA) is 20.3 Å². The summed E-state index contributed by atoms with van der Waals surface area (Å²) in [4.78, 5) is 15.3. The number of piperidine rings is 1. The number of benzene rings is 2. The van der Waals surface area contributed by atoms with Crippen molar-refractivity contribution in [1.82, 2.24) is 4.90 Å². The first kappa shape index (κ1) is 15.9. The Morgan fingerprint density at radius 1 is 0.913 bits per heavy atom. The van der Waals surface area contributed by atoms with Gasteiger partial charge in [-0.25, -0.2) is 0 Å². The molecule has 1 fully saturated rings. The Hall–Kier alpha value is -1.93. The summed E-state index contributed by atoms with van der Waals surface area (Å²) in [5.41, 5.74) is 5.02. The van der Waals surface area contributed by atoms with Gasteiger partial charge in [0.25, 0.3) is 0 Å². The molecule has 2 nitrogen and oxygen atoms in total. The lowest BCUT2D eigenvalue weighted by Gasteiger charge is -2.26. The molecule has 0 unspecified atom stereocenters. The molecule has 0 spiro atoms. The van der Waals surface area contributed by atoms with Crippen LogP contribution in [-0.4, -0.2) is 23.8 Å². The predicted octanol–water partition coefficient (Wildman–Crippen LogP) is 4.52. The molecule has 0 saturated carbocycles. The number of hydrogen-bond donors (Lipinski definition) is 0. The first-order valence-corrected chi connectivity index (χ1v) is 8.57. The number of aryl methyl sites for hydroxylation is 2. The van der Waals surface area contributed by atoms with Crippen LogP contribution in [0.5, 0.6) is 0 Å². The minimum absolute atomic E-state index is 0.130. The maximum atomic E-state index is 12.8. The van der Waals surface area contributed by atoms with Gasteiger partial charge in [0.05, 0.1) is 0 Å². The van der Waals surface area contributed by atoms with Gasteiger partial charge in [-0.05, 0) is 56.5 Å². The van der Waals surface area contributed by atoms with Gasteiger partial charge in [0, 0.05) is 17.7 Å². The highest BCUT2D eigenvalue weighted by atomic mass is 16.1. The smallest absolute Gasteiger partial charge is 0.193 e. The number of carbonyl (C=O) groups excluding carboxylic acids is 1. The largest absolute Gasteiger partial charge is 0.299 e. The average Bonchev–Trinajstić information content (AvgIpc) is 2.56. The Labute approximate surface area is 139 Å². The van der Waals surface area contributed by atoms with E-state index in [0.717, 1.165) is 28.8 Å². The summed E-state index contributed by atoms with van der Waals surface area (Å²) in [6.45, 7) is 7.40. The van der Waals surface area contributed by atoms with Crippen molar-refractivity contribution < 1.29 is 4.79 Å². The molecule has 23 heavy (non-hydrogen) atoms. The summed E-state index contributed by atoms with van der Waals surface area (Å²) in [6.07, 6.45) is 3.98. The molecule has 1 saturated heterocycles. The predicted molar refractivity (Wildman–Crippen MR) is 94.9 cm³/mol. The Morgan fingerprint density at radius 2 is 1.52 bits per heavy atom. The monoisotopic (exact) mass is 307 g/mol. The fraction of sp³-hybridized carbons (Fsp3) is 0.381. The summed E-state index contributed by atoms with van der Waals surface area (Å²) in [6, 6.07) is 14.2. The molecular weight excluding hydrogens is 282 g/mol. The van der Waals surface area contributed by atoms with Gasteiger partial charge < -0.3 is 0 Å². The van der Waals surface area contributed by atoms with E-state index < -0.39 is 0 Å². The third-order valence-electron chi connectivity index (χ3n) is 4.78. The van der Waals surface area contributed by atoms with E-state index >= 15 is 0 Å². The van der Waals surface area contributed by atoms with Gasteiger partial charge in [0.1, 0.15) is 0 Å². The zero-order chi connectivity index (χ0) is 16.2. The van der Waals surface area contributed by atoms with E-state index in [0.29, 0.717) is 0 Å². The lowest BCUT2D eigenvalue weighted by molar-refractivity contribution is 0.103. The van der Waals surface area contributed by atoms with Crippen LogP contribution in [0.3, 0.4) is 0 Å². The zero-order valence-corrected chi connectivity index (χ0v) is 14.1. The Balaban J connectivity index is 1.75. The number of hydrogen-bond acceptors (Lipinski definition) is 2. The first-order valence-electron chi connectivity index (χ1n) is 8.57. The molecule has 1 aliphatic rings. The highest BCUT2D eigenvalue weighted by molar-refractivity contribution is 6.10. The Morgan fingerprint density at radius 3 is 2.13 bits per heavy atom. The molecular formula is C21H25NO. The molecule has 0 aliphatic carbocycles. The van der Waals surface area contributed by atoms with Crippen LogP contribution in [0.25, 0.3) is 0 Å². The minimum atomic E-state index is 0.130. The third-order valence-corrected chi connectivity index (χ3v) is 4.78. The van der Waals surface area contributed by atoms with E-state index in [9.17, 15) is 4.79 Å². The van der Waals surface area contributed by atoms with E-state index in [1.54, 1.807) is 0 Å². The quantitative estimate of drug-likeness (QED) is 0.774. The van der Waals surface area contributed by atoms with Crippen LogP contribution in [0, 0.1) is 13.8 Å². The second-order valence-electron chi connectivity index (χ2n) is 6.63. The van der Waals surface area contributed by atoms with Gasteiger partial charge >= 0.3 is 0 Å². The van der Waals surface area contributed by atoms with Crippen LogP contribution < -0.4 is 0 Å². The van der Waals surface area contributed by atoms with E-state index in [1.807, 2.05) is 44.2 Å². The summed E-state index contributed by atoms with van der Waals surface area (Å²) < 4.78 is 0. The van der Waals surface area contributed by atoms with Crippen molar-refractivity contribution in [3.8, 4) is 0 Å². The molecule has 0 N–H and O–H groups in total. The van der Waals surface area contributed by atoms with E-state index in [2.05, 4.69) is 17.0 Å². The van der Waals surface area contributed by atoms with Crippen molar-refractivity contribution in [2.24, 2.45) is 0 Å². The third kappa shape index (κ3) is 3.70. The van der Waals surface area contributed by atoms with Gasteiger partial charge in [-0.2, -0.15) is 0 Å². The molecule has 2 heteroatoms. The highest BCUT2D eigenvalue weighted by Crippen LogP contribution is 2.19. The van der Waals surface area contributed by atoms with Crippen LogP contribution in [-0.2, 0) is 6.54 Å². The number of nitrogens with zero attached hydrogens (tertiary/aromatic N) is 1. The van der Waals surface area contributed by atoms with Crippen LogP contribution >= 0.6 is 0 Å². The Kier molecular flexibility index (Phi) is 4.92. The standard InChI is InChI=1S/C21H25NO/c1-16-7-6-8-17(2)20(16)21(23)19-11-9-18(10-12-19)15-22-13-4-3-5-14-22/h6-12H,3-5,13-15H2,1-2H3. The zero-order valence-electron chi connectivity index (χ0n) is 14.1. The molecule has 0 atom stereocenters. The SMILES string of the molecule is Cc1cccc(C)c1C(=O)c1ccc(CN2CCCCC2)cc1. The molecule has 1 heterocycles. The maximum absolute atomic E-state index is 12.8. The normalized spacial score (nSPS) is 15.6. The molecule has 0 amide bonds. The molecule has 0 aromatic heterocycles. The van der Waals surface area contributed by atoms with E-state index in [-0.39, 0.29) is 5.78 Å². The van der Waals surface area contributed by atoms with Crippen molar-refractivity contribution in [3.05, 3.63) is 70.3 Å². The Bertz CT molecular complexity index is 661. The van der Waals surface area contributed by atoms with Gasteiger partial charge in [-0.3, -0.25) is 9.69 Å². The second kappa shape index (κ2) is 7.10. The molecule has 3 rings (SSSR count). The maximum Gasteiger partial charge on any atom is 0.193 e. The van der Waals surface area contributed by atoms with Crippen molar-refractivity contribution in [2.45, 2.75) is 39.7 Å². The lowest BCUT2D eigenvalue weighted by Crippen LogP contribution is -2.29. The van der Waals surface area contributed by atoms with Crippen molar-refractivity contribution in [2.75, 3.05) is 13.1 Å².